The molecule has 6 nitrogen and oxygen atoms in total. The van der Waals surface area contributed by atoms with Gasteiger partial charge in [0.05, 0.1) is 5.56 Å². The summed E-state index contributed by atoms with van der Waals surface area (Å²) in [7, 11) is 0. The Bertz CT molecular complexity index is 1320. The second kappa shape index (κ2) is 8.80. The third-order valence-electron chi connectivity index (χ3n) is 5.06. The molecule has 1 heterocycles. The Morgan fingerprint density at radius 2 is 1.81 bits per heavy atom. The first-order valence-corrected chi connectivity index (χ1v) is 10.7. The van der Waals surface area contributed by atoms with Crippen LogP contribution >= 0.6 is 12.2 Å². The van der Waals surface area contributed by atoms with Gasteiger partial charge in [0.1, 0.15) is 11.3 Å². The van der Waals surface area contributed by atoms with Crippen LogP contribution in [0.3, 0.4) is 0 Å². The zero-order chi connectivity index (χ0) is 22.8. The summed E-state index contributed by atoms with van der Waals surface area (Å²) in [6, 6.07) is 16.4. The molecule has 0 fully saturated rings. The third kappa shape index (κ3) is 4.63. The fourth-order valence-electron chi connectivity index (χ4n) is 3.54. The smallest absolute Gasteiger partial charge is 0.257 e. The number of fused-ring (bicyclic) bond motifs is 1. The van der Waals surface area contributed by atoms with Crippen molar-refractivity contribution >= 4 is 40.0 Å². The fourth-order valence-corrected chi connectivity index (χ4v) is 3.75. The van der Waals surface area contributed by atoms with Gasteiger partial charge in [0.2, 0.25) is 5.89 Å². The van der Waals surface area contributed by atoms with Crippen molar-refractivity contribution in [3.05, 3.63) is 76.9 Å². The molecule has 0 unspecified atom stereocenters. The van der Waals surface area contributed by atoms with E-state index in [-0.39, 0.29) is 16.8 Å². The van der Waals surface area contributed by atoms with Gasteiger partial charge in [-0.25, -0.2) is 4.98 Å². The first-order chi connectivity index (χ1) is 15.3. The summed E-state index contributed by atoms with van der Waals surface area (Å²) in [5, 5.41) is 16.3. The quantitative estimate of drug-likeness (QED) is 0.359. The van der Waals surface area contributed by atoms with E-state index in [0.29, 0.717) is 28.3 Å². The number of carbonyl (C=O) groups excluding carboxylic acids is 1. The number of hydrogen-bond donors (Lipinski definition) is 3. The highest BCUT2D eigenvalue weighted by Crippen LogP contribution is 2.33. The molecule has 4 rings (SSSR count). The van der Waals surface area contributed by atoms with E-state index >= 15 is 0 Å². The molecule has 1 aromatic heterocycles. The summed E-state index contributed by atoms with van der Waals surface area (Å²) >= 11 is 5.26. The van der Waals surface area contributed by atoms with Crippen LogP contribution in [0.4, 0.5) is 5.69 Å². The summed E-state index contributed by atoms with van der Waals surface area (Å²) in [4.78, 5) is 17.0. The zero-order valence-electron chi connectivity index (χ0n) is 18.0. The maximum absolute atomic E-state index is 12.5. The average Bonchev–Trinajstić information content (AvgIpc) is 3.15. The van der Waals surface area contributed by atoms with Crippen LogP contribution in [-0.2, 0) is 6.42 Å². The van der Waals surface area contributed by atoms with Gasteiger partial charge in [-0.05, 0) is 74.4 Å². The number of nitrogens with zero attached hydrogens (tertiary/aromatic N) is 1. The number of aromatic hydroxyl groups is 1. The Kier molecular flexibility index (Phi) is 5.92. The molecule has 0 aliphatic carbocycles. The number of phenols is 1. The summed E-state index contributed by atoms with van der Waals surface area (Å²) in [6.07, 6.45) is 0.906. The molecule has 0 aliphatic heterocycles. The van der Waals surface area contributed by atoms with Gasteiger partial charge in [0, 0.05) is 17.3 Å². The van der Waals surface area contributed by atoms with E-state index in [0.717, 1.165) is 28.6 Å². The van der Waals surface area contributed by atoms with Crippen LogP contribution < -0.4 is 10.6 Å². The molecule has 0 radical (unpaired) electrons. The van der Waals surface area contributed by atoms with Crippen molar-refractivity contribution in [3.63, 3.8) is 0 Å². The second-order valence-electron chi connectivity index (χ2n) is 7.69. The lowest BCUT2D eigenvalue weighted by atomic mass is 10.1. The van der Waals surface area contributed by atoms with E-state index in [4.69, 9.17) is 16.6 Å². The minimum atomic E-state index is -0.298. The Morgan fingerprint density at radius 1 is 1.06 bits per heavy atom. The van der Waals surface area contributed by atoms with Gasteiger partial charge in [-0.3, -0.25) is 10.1 Å². The van der Waals surface area contributed by atoms with Crippen LogP contribution in [0.5, 0.6) is 5.75 Å². The lowest BCUT2D eigenvalue weighted by molar-refractivity contribution is 0.0977. The molecule has 3 aromatic carbocycles. The molecule has 32 heavy (non-hydrogen) atoms. The number of amides is 1. The van der Waals surface area contributed by atoms with Crippen LogP contribution in [0.15, 0.2) is 59.0 Å². The number of rotatable bonds is 4. The molecule has 0 atom stereocenters. The summed E-state index contributed by atoms with van der Waals surface area (Å²) in [5.74, 6) is 0.0248. The van der Waals surface area contributed by atoms with Crippen LogP contribution in [0.2, 0.25) is 0 Å². The number of carbonyl (C=O) groups is 1. The number of benzene rings is 3. The lowest BCUT2D eigenvalue weighted by Gasteiger charge is -2.11. The Hall–Kier alpha value is -3.71. The van der Waals surface area contributed by atoms with Gasteiger partial charge in [-0.2, -0.15) is 0 Å². The van der Waals surface area contributed by atoms with Crippen LogP contribution in [-0.4, -0.2) is 21.1 Å². The number of oxazole rings is 1. The number of hydrogen-bond acceptors (Lipinski definition) is 5. The van der Waals surface area contributed by atoms with E-state index in [1.807, 2.05) is 38.1 Å². The van der Waals surface area contributed by atoms with Gasteiger partial charge in [-0.1, -0.05) is 30.2 Å². The topological polar surface area (TPSA) is 87.4 Å². The normalized spacial score (nSPS) is 10.8. The van der Waals surface area contributed by atoms with Gasteiger partial charge in [0.25, 0.3) is 5.91 Å². The maximum atomic E-state index is 12.5. The standard InChI is InChI=1S/C25H23N3O3S/c1-4-16-5-8-22-20(12-16)27-24(31-22)19-7-6-18(13-21(19)29)26-25(32)28-23(30)17-10-14(2)9-15(3)11-17/h5-13,29H,4H2,1-3H3,(H2,26,28,30,32). The van der Waals surface area contributed by atoms with E-state index < -0.39 is 0 Å². The van der Waals surface area contributed by atoms with Crippen molar-refractivity contribution in [2.24, 2.45) is 0 Å². The Morgan fingerprint density at radius 3 is 2.50 bits per heavy atom. The van der Waals surface area contributed by atoms with Crippen molar-refractivity contribution in [1.82, 2.24) is 10.3 Å². The molecule has 4 aromatic rings. The monoisotopic (exact) mass is 445 g/mol. The highest BCUT2D eigenvalue weighted by molar-refractivity contribution is 7.80. The van der Waals surface area contributed by atoms with Crippen molar-refractivity contribution in [1.29, 1.82) is 0 Å². The molecule has 0 saturated heterocycles. The van der Waals surface area contributed by atoms with Gasteiger partial charge in [-0.15, -0.1) is 0 Å². The van der Waals surface area contributed by atoms with Crippen molar-refractivity contribution in [2.45, 2.75) is 27.2 Å². The maximum Gasteiger partial charge on any atom is 0.257 e. The number of anilines is 1. The predicted octanol–water partition coefficient (Wildman–Crippen LogP) is 5.51. The first kappa shape index (κ1) is 21.5. The Balaban J connectivity index is 1.48. The highest BCUT2D eigenvalue weighted by atomic mass is 32.1. The number of nitrogens with one attached hydrogen (secondary N) is 2. The molecule has 0 saturated carbocycles. The van der Waals surface area contributed by atoms with E-state index in [2.05, 4.69) is 22.5 Å². The van der Waals surface area contributed by atoms with Gasteiger partial charge in [0.15, 0.2) is 10.7 Å². The first-order valence-electron chi connectivity index (χ1n) is 10.3. The lowest BCUT2D eigenvalue weighted by Crippen LogP contribution is -2.34. The number of phenolic OH excluding ortho intramolecular Hbond substituents is 1. The van der Waals surface area contributed by atoms with Crippen molar-refractivity contribution in [2.75, 3.05) is 5.32 Å². The molecule has 162 valence electrons. The summed E-state index contributed by atoms with van der Waals surface area (Å²) < 4.78 is 5.80. The van der Waals surface area contributed by atoms with E-state index in [1.54, 1.807) is 24.3 Å². The van der Waals surface area contributed by atoms with Gasteiger partial charge >= 0.3 is 0 Å². The number of aromatic nitrogens is 1. The fraction of sp³-hybridized carbons (Fsp3) is 0.160. The van der Waals surface area contributed by atoms with Crippen LogP contribution in [0.25, 0.3) is 22.6 Å². The number of aryl methyl sites for hydroxylation is 3. The molecular formula is C25H23N3O3S. The predicted molar refractivity (Wildman–Crippen MR) is 130 cm³/mol. The SMILES string of the molecule is CCc1ccc2oc(-c3ccc(NC(=S)NC(=O)c4cc(C)cc(C)c4)cc3O)nc2c1. The third-order valence-corrected chi connectivity index (χ3v) is 5.26. The summed E-state index contributed by atoms with van der Waals surface area (Å²) in [5.41, 5.74) is 6.10. The number of thiocarbonyl (C=S) groups is 1. The Labute approximate surface area is 191 Å². The van der Waals surface area contributed by atoms with Crippen LogP contribution in [0.1, 0.15) is 34.0 Å². The average molecular weight is 446 g/mol. The second-order valence-corrected chi connectivity index (χ2v) is 8.10. The van der Waals surface area contributed by atoms with Crippen molar-refractivity contribution in [3.8, 4) is 17.2 Å². The van der Waals surface area contributed by atoms with Crippen molar-refractivity contribution < 1.29 is 14.3 Å². The molecule has 1 amide bonds. The molecule has 3 N–H and O–H groups in total. The minimum Gasteiger partial charge on any atom is -0.507 e. The largest absolute Gasteiger partial charge is 0.507 e. The molecular weight excluding hydrogens is 422 g/mol. The highest BCUT2D eigenvalue weighted by Gasteiger charge is 2.14. The van der Waals surface area contributed by atoms with E-state index in [1.165, 1.54) is 6.07 Å². The zero-order valence-corrected chi connectivity index (χ0v) is 18.8. The molecule has 7 heteroatoms. The molecule has 0 spiro atoms. The molecule has 0 aliphatic rings. The minimum absolute atomic E-state index is 0.0132. The van der Waals surface area contributed by atoms with Crippen LogP contribution in [0, 0.1) is 13.8 Å². The summed E-state index contributed by atoms with van der Waals surface area (Å²) in [6.45, 7) is 5.95. The van der Waals surface area contributed by atoms with Gasteiger partial charge < -0.3 is 14.8 Å². The molecule has 0 bridgehead atoms. The van der Waals surface area contributed by atoms with E-state index in [9.17, 15) is 9.90 Å².